The molecule has 15 heavy (non-hydrogen) atoms. The number of aryl methyl sites for hydroxylation is 1. The van der Waals surface area contributed by atoms with Gasteiger partial charge in [-0.1, -0.05) is 25.7 Å². The Kier molecular flexibility index (Phi) is 2.19. The number of aromatic nitrogens is 2. The Hall–Kier alpha value is -0.990. The number of fused-ring (bicyclic) bond motifs is 1. The van der Waals surface area contributed by atoms with Crippen LogP contribution in [0.25, 0.3) is 0 Å². The van der Waals surface area contributed by atoms with Gasteiger partial charge in [0.1, 0.15) is 5.82 Å². The molecule has 1 aliphatic heterocycles. The number of rotatable bonds is 1. The van der Waals surface area contributed by atoms with Gasteiger partial charge in [-0.15, -0.1) is 0 Å². The van der Waals surface area contributed by atoms with E-state index in [1.54, 1.807) is 0 Å². The highest BCUT2D eigenvalue weighted by Gasteiger charge is 2.28. The van der Waals surface area contributed by atoms with Gasteiger partial charge in [-0.2, -0.15) is 5.10 Å². The molecule has 1 saturated carbocycles. The van der Waals surface area contributed by atoms with Crippen molar-refractivity contribution in [2.24, 2.45) is 11.8 Å². The van der Waals surface area contributed by atoms with Crippen LogP contribution in [-0.4, -0.2) is 16.3 Å². The third kappa shape index (κ3) is 1.64. The Bertz CT molecular complexity index is 350. The summed E-state index contributed by atoms with van der Waals surface area (Å²) in [6.07, 6.45) is 5.74. The van der Waals surface area contributed by atoms with Crippen LogP contribution in [-0.2, 0) is 6.54 Å². The van der Waals surface area contributed by atoms with Gasteiger partial charge in [0.15, 0.2) is 0 Å². The lowest BCUT2D eigenvalue weighted by Crippen LogP contribution is -2.32. The second kappa shape index (κ2) is 3.54. The molecule has 2 aliphatic rings. The average Bonchev–Trinajstić information content (AvgIpc) is 2.82. The third-order valence-electron chi connectivity index (χ3n) is 3.92. The Morgan fingerprint density at radius 2 is 2.13 bits per heavy atom. The molecule has 82 valence electrons. The van der Waals surface area contributed by atoms with Crippen LogP contribution >= 0.6 is 0 Å². The van der Waals surface area contributed by atoms with E-state index in [1.165, 1.54) is 31.5 Å². The molecular weight excluding hydrogens is 186 g/mol. The Morgan fingerprint density at radius 3 is 2.93 bits per heavy atom. The highest BCUT2D eigenvalue weighted by Crippen LogP contribution is 2.34. The topological polar surface area (TPSA) is 29.9 Å². The fraction of sp³-hybridized carbons (Fsp3) is 0.750. The summed E-state index contributed by atoms with van der Waals surface area (Å²) in [6.45, 7) is 4.34. The van der Waals surface area contributed by atoms with E-state index in [4.69, 9.17) is 0 Å². The minimum absolute atomic E-state index is 0.805. The zero-order chi connectivity index (χ0) is 10.3. The lowest BCUT2D eigenvalue weighted by atomic mass is 9.90. The van der Waals surface area contributed by atoms with Gasteiger partial charge in [0.25, 0.3) is 0 Å². The van der Waals surface area contributed by atoms with Crippen LogP contribution in [0.2, 0.25) is 0 Å². The van der Waals surface area contributed by atoms with Crippen LogP contribution in [0.1, 0.15) is 31.4 Å². The zero-order valence-electron chi connectivity index (χ0n) is 9.37. The smallest absolute Gasteiger partial charge is 0.124 e. The highest BCUT2D eigenvalue weighted by molar-refractivity contribution is 5.38. The van der Waals surface area contributed by atoms with Crippen molar-refractivity contribution in [3.05, 3.63) is 11.8 Å². The fourth-order valence-corrected chi connectivity index (χ4v) is 3.09. The summed E-state index contributed by atoms with van der Waals surface area (Å²) in [4.78, 5) is 0. The van der Waals surface area contributed by atoms with E-state index >= 15 is 0 Å². The van der Waals surface area contributed by atoms with Gasteiger partial charge >= 0.3 is 0 Å². The maximum absolute atomic E-state index is 4.53. The number of hydrogen-bond acceptors (Lipinski definition) is 2. The van der Waals surface area contributed by atoms with Gasteiger partial charge < -0.3 is 5.32 Å². The molecule has 0 aromatic carbocycles. The predicted molar refractivity (Wildman–Crippen MR) is 60.9 cm³/mol. The molecule has 3 rings (SSSR count). The number of nitrogens with zero attached hydrogens (tertiary/aromatic N) is 2. The van der Waals surface area contributed by atoms with E-state index in [9.17, 15) is 0 Å². The number of anilines is 1. The zero-order valence-corrected chi connectivity index (χ0v) is 9.37. The number of nitrogens with one attached hydrogen (secondary N) is 1. The summed E-state index contributed by atoms with van der Waals surface area (Å²) in [5, 5.41) is 8.04. The minimum atomic E-state index is 0.805. The molecule has 0 saturated heterocycles. The van der Waals surface area contributed by atoms with Gasteiger partial charge in [0.2, 0.25) is 0 Å². The first-order valence-corrected chi connectivity index (χ1v) is 6.11. The Balaban J connectivity index is 1.76. The van der Waals surface area contributed by atoms with Crippen molar-refractivity contribution in [3.63, 3.8) is 0 Å². The Labute approximate surface area is 90.9 Å². The molecule has 0 spiro atoms. The molecule has 0 bridgehead atoms. The van der Waals surface area contributed by atoms with Crippen LogP contribution in [0, 0.1) is 18.8 Å². The van der Waals surface area contributed by atoms with Crippen molar-refractivity contribution < 1.29 is 0 Å². The molecule has 0 amide bonds. The Morgan fingerprint density at radius 1 is 1.33 bits per heavy atom. The maximum Gasteiger partial charge on any atom is 0.124 e. The van der Waals surface area contributed by atoms with Crippen LogP contribution in [0.5, 0.6) is 0 Å². The molecule has 1 atom stereocenters. The number of hydrogen-bond donors (Lipinski definition) is 1. The second-order valence-corrected chi connectivity index (χ2v) is 5.04. The molecule has 1 aromatic heterocycles. The molecule has 2 heterocycles. The third-order valence-corrected chi connectivity index (χ3v) is 3.92. The van der Waals surface area contributed by atoms with E-state index in [0.717, 1.165) is 30.6 Å². The molecule has 3 heteroatoms. The molecule has 0 radical (unpaired) electrons. The molecule has 1 aliphatic carbocycles. The normalized spacial score (nSPS) is 26.3. The largest absolute Gasteiger partial charge is 0.370 e. The monoisotopic (exact) mass is 205 g/mol. The first kappa shape index (κ1) is 9.25. The van der Waals surface area contributed by atoms with Crippen molar-refractivity contribution >= 4 is 5.82 Å². The van der Waals surface area contributed by atoms with Crippen LogP contribution in [0.4, 0.5) is 5.82 Å². The van der Waals surface area contributed by atoms with E-state index in [-0.39, 0.29) is 0 Å². The lowest BCUT2D eigenvalue weighted by molar-refractivity contribution is 0.289. The summed E-state index contributed by atoms with van der Waals surface area (Å²) in [7, 11) is 0. The van der Waals surface area contributed by atoms with Crippen molar-refractivity contribution in [2.45, 2.75) is 39.2 Å². The maximum atomic E-state index is 4.53. The van der Waals surface area contributed by atoms with Gasteiger partial charge in [-0.25, -0.2) is 4.68 Å². The van der Waals surface area contributed by atoms with Gasteiger partial charge in [-0.3, -0.25) is 0 Å². The molecule has 3 nitrogen and oxygen atoms in total. The predicted octanol–water partition coefficient (Wildman–Crippen LogP) is 2.42. The molecule has 1 fully saturated rings. The standard InChI is InChI=1S/C12H19N3/c1-9-6-12-13-7-11(8-15(12)14-9)10-4-2-3-5-10/h6,10-11,13H,2-5,7-8H2,1H3. The summed E-state index contributed by atoms with van der Waals surface area (Å²) >= 11 is 0. The van der Waals surface area contributed by atoms with Crippen molar-refractivity contribution in [3.8, 4) is 0 Å². The molecular formula is C12H19N3. The fourth-order valence-electron chi connectivity index (χ4n) is 3.09. The summed E-state index contributed by atoms with van der Waals surface area (Å²) in [5.41, 5.74) is 1.13. The summed E-state index contributed by atoms with van der Waals surface area (Å²) < 4.78 is 2.15. The van der Waals surface area contributed by atoms with Crippen molar-refractivity contribution in [1.82, 2.24) is 9.78 Å². The van der Waals surface area contributed by atoms with E-state index < -0.39 is 0 Å². The van der Waals surface area contributed by atoms with E-state index in [0.29, 0.717) is 0 Å². The van der Waals surface area contributed by atoms with Crippen LogP contribution in [0.15, 0.2) is 6.07 Å². The SMILES string of the molecule is Cc1cc2n(n1)CC(C1CCCC1)CN2. The molecule has 1 aromatic rings. The first-order valence-electron chi connectivity index (χ1n) is 6.11. The molecule has 1 N–H and O–H groups in total. The van der Waals surface area contributed by atoms with Crippen LogP contribution < -0.4 is 5.32 Å². The summed E-state index contributed by atoms with van der Waals surface area (Å²) in [6, 6.07) is 2.14. The van der Waals surface area contributed by atoms with Crippen molar-refractivity contribution in [1.29, 1.82) is 0 Å². The van der Waals surface area contributed by atoms with Crippen LogP contribution in [0.3, 0.4) is 0 Å². The van der Waals surface area contributed by atoms with Gasteiger partial charge in [-0.05, 0) is 18.8 Å². The molecule has 1 unspecified atom stereocenters. The first-order chi connectivity index (χ1) is 7.33. The van der Waals surface area contributed by atoms with Gasteiger partial charge in [0.05, 0.1) is 5.69 Å². The van der Waals surface area contributed by atoms with Gasteiger partial charge in [0, 0.05) is 19.2 Å². The summed E-state index contributed by atoms with van der Waals surface area (Å²) in [5.74, 6) is 2.95. The average molecular weight is 205 g/mol. The van der Waals surface area contributed by atoms with E-state index in [2.05, 4.69) is 28.1 Å². The quantitative estimate of drug-likeness (QED) is 0.763. The highest BCUT2D eigenvalue weighted by atomic mass is 15.3. The second-order valence-electron chi connectivity index (χ2n) is 5.04. The van der Waals surface area contributed by atoms with Crippen molar-refractivity contribution in [2.75, 3.05) is 11.9 Å². The van der Waals surface area contributed by atoms with E-state index in [1.807, 2.05) is 0 Å². The minimum Gasteiger partial charge on any atom is -0.370 e. The lowest BCUT2D eigenvalue weighted by Gasteiger charge is -2.29.